The first kappa shape index (κ1) is 39.6. The lowest BCUT2D eigenvalue weighted by atomic mass is 9.96. The van der Waals surface area contributed by atoms with E-state index in [1.807, 2.05) is 60.7 Å². The number of anilines is 1. The number of aliphatic hydroxyl groups is 2. The monoisotopic (exact) mass is 762 g/mol. The SMILES string of the molecule is CC(C)C(OC(=O)Nc1ccc(Oc2ccccc2)cc1)C(=O)NC(Cc1ccc(Cl)c(Cl)c1)C(O)C(O)C(=O)NC1CCN(Cc2ccccc2)C1. The third kappa shape index (κ3) is 11.7. The van der Waals surface area contributed by atoms with E-state index in [-0.39, 0.29) is 17.5 Å². The van der Waals surface area contributed by atoms with Gasteiger partial charge in [0, 0.05) is 31.4 Å². The lowest BCUT2D eigenvalue weighted by molar-refractivity contribution is -0.140. The van der Waals surface area contributed by atoms with Crippen LogP contribution in [-0.2, 0) is 27.3 Å². The molecule has 13 heteroatoms. The Hall–Kier alpha value is -4.65. The van der Waals surface area contributed by atoms with Crippen molar-refractivity contribution in [3.05, 3.63) is 124 Å². The molecule has 0 radical (unpaired) electrons. The van der Waals surface area contributed by atoms with Gasteiger partial charge in [-0.2, -0.15) is 0 Å². The topological polar surface area (TPSA) is 149 Å². The molecule has 1 aliphatic heterocycles. The van der Waals surface area contributed by atoms with Crippen LogP contribution in [0, 0.1) is 5.92 Å². The van der Waals surface area contributed by atoms with Gasteiger partial charge in [-0.05, 0) is 78.4 Å². The molecule has 11 nitrogen and oxygen atoms in total. The number of nitrogens with one attached hydrogen (secondary N) is 3. The smallest absolute Gasteiger partial charge is 0.412 e. The van der Waals surface area contributed by atoms with Gasteiger partial charge < -0.3 is 30.3 Å². The molecule has 53 heavy (non-hydrogen) atoms. The summed E-state index contributed by atoms with van der Waals surface area (Å²) in [5, 5.41) is 31.2. The van der Waals surface area contributed by atoms with Crippen molar-refractivity contribution in [2.45, 2.75) is 63.6 Å². The zero-order valence-corrected chi connectivity index (χ0v) is 31.0. The molecule has 3 amide bonds. The lowest BCUT2D eigenvalue weighted by Crippen LogP contribution is -2.57. The summed E-state index contributed by atoms with van der Waals surface area (Å²) in [6.45, 7) is 5.45. The summed E-state index contributed by atoms with van der Waals surface area (Å²) >= 11 is 12.4. The van der Waals surface area contributed by atoms with Crippen LogP contribution in [0.15, 0.2) is 103 Å². The van der Waals surface area contributed by atoms with Gasteiger partial charge in [0.2, 0.25) is 0 Å². The van der Waals surface area contributed by atoms with Crippen molar-refractivity contribution in [2.24, 2.45) is 5.92 Å². The maximum absolute atomic E-state index is 13.7. The molecule has 280 valence electrons. The molecule has 5 rings (SSSR count). The van der Waals surface area contributed by atoms with Crippen molar-refractivity contribution >= 4 is 46.8 Å². The Morgan fingerprint density at radius 3 is 2.15 bits per heavy atom. The average molecular weight is 764 g/mol. The Bertz CT molecular complexity index is 1820. The van der Waals surface area contributed by atoms with Gasteiger partial charge in [-0.15, -0.1) is 0 Å². The van der Waals surface area contributed by atoms with E-state index in [0.717, 1.165) is 18.7 Å². The number of carbonyl (C=O) groups excluding carboxylic acids is 3. The summed E-state index contributed by atoms with van der Waals surface area (Å²) in [4.78, 5) is 42.1. The predicted octanol–water partition coefficient (Wildman–Crippen LogP) is 6.20. The molecule has 0 aliphatic carbocycles. The van der Waals surface area contributed by atoms with Crippen LogP contribution in [0.4, 0.5) is 10.5 Å². The molecule has 5 unspecified atom stereocenters. The number of carbonyl (C=O) groups is 3. The largest absolute Gasteiger partial charge is 0.457 e. The summed E-state index contributed by atoms with van der Waals surface area (Å²) in [6, 6.07) is 29.2. The molecule has 0 bridgehead atoms. The minimum absolute atomic E-state index is 0.0309. The van der Waals surface area contributed by atoms with Crippen LogP contribution in [-0.4, -0.2) is 76.5 Å². The molecule has 0 saturated carbocycles. The van der Waals surface area contributed by atoms with E-state index in [9.17, 15) is 24.6 Å². The van der Waals surface area contributed by atoms with Crippen LogP contribution in [0.2, 0.25) is 10.0 Å². The molecule has 1 fully saturated rings. The fourth-order valence-corrected chi connectivity index (χ4v) is 6.35. The molecular weight excluding hydrogens is 719 g/mol. The van der Waals surface area contributed by atoms with Crippen LogP contribution in [0.1, 0.15) is 31.4 Å². The second kappa shape index (κ2) is 18.9. The van der Waals surface area contributed by atoms with Gasteiger partial charge in [-0.3, -0.25) is 19.8 Å². The van der Waals surface area contributed by atoms with E-state index >= 15 is 0 Å². The van der Waals surface area contributed by atoms with E-state index in [1.165, 1.54) is 0 Å². The van der Waals surface area contributed by atoms with Crippen LogP contribution in [0.3, 0.4) is 0 Å². The highest BCUT2D eigenvalue weighted by Gasteiger charge is 2.37. The molecule has 5 atom stereocenters. The Kier molecular flexibility index (Phi) is 14.1. The van der Waals surface area contributed by atoms with E-state index < -0.39 is 48.2 Å². The average Bonchev–Trinajstić information content (AvgIpc) is 3.58. The van der Waals surface area contributed by atoms with E-state index in [1.54, 1.807) is 56.3 Å². The van der Waals surface area contributed by atoms with Gasteiger partial charge in [0.25, 0.3) is 11.8 Å². The van der Waals surface area contributed by atoms with Crippen molar-refractivity contribution in [3.8, 4) is 11.5 Å². The Labute approximate surface area is 319 Å². The third-order valence-electron chi connectivity index (χ3n) is 8.82. The van der Waals surface area contributed by atoms with Crippen molar-refractivity contribution in [1.29, 1.82) is 0 Å². The zero-order valence-electron chi connectivity index (χ0n) is 29.5. The number of benzene rings is 4. The maximum atomic E-state index is 13.7. The van der Waals surface area contributed by atoms with Crippen molar-refractivity contribution < 1.29 is 34.1 Å². The van der Waals surface area contributed by atoms with E-state index in [0.29, 0.717) is 40.7 Å². The third-order valence-corrected chi connectivity index (χ3v) is 9.56. The quantitative estimate of drug-likeness (QED) is 0.0962. The molecule has 0 aromatic heterocycles. The molecule has 4 aromatic rings. The molecule has 1 aliphatic rings. The second-order valence-corrected chi connectivity index (χ2v) is 14.2. The highest BCUT2D eigenvalue weighted by molar-refractivity contribution is 6.42. The standard InChI is InChI=1S/C40H44Cl2N4O7/c1-25(2)37(53-40(51)44-28-14-16-31(17-15-28)52-30-11-7-4-8-12-30)39(50)45-34(22-27-13-18-32(41)33(42)21-27)35(47)36(48)38(49)43-29-19-20-46(24-29)23-26-9-5-3-6-10-26/h3-18,21,25,29,34-37,47-48H,19-20,22-24H2,1-2H3,(H,43,49)(H,44,51)(H,45,50). The highest BCUT2D eigenvalue weighted by Crippen LogP contribution is 2.25. The Morgan fingerprint density at radius 2 is 1.49 bits per heavy atom. The summed E-state index contributed by atoms with van der Waals surface area (Å²) in [5.41, 5.74) is 2.13. The first-order valence-corrected chi connectivity index (χ1v) is 18.2. The Balaban J connectivity index is 1.22. The van der Waals surface area contributed by atoms with E-state index in [2.05, 4.69) is 20.9 Å². The normalized spacial score (nSPS) is 16.6. The number of para-hydroxylation sites is 1. The first-order chi connectivity index (χ1) is 25.4. The van der Waals surface area contributed by atoms with Crippen LogP contribution >= 0.6 is 23.2 Å². The molecule has 1 saturated heterocycles. The summed E-state index contributed by atoms with van der Waals surface area (Å²) in [7, 11) is 0. The molecule has 0 spiro atoms. The number of hydrogen-bond donors (Lipinski definition) is 5. The van der Waals surface area contributed by atoms with Crippen LogP contribution < -0.4 is 20.7 Å². The fourth-order valence-electron chi connectivity index (χ4n) is 6.03. The van der Waals surface area contributed by atoms with E-state index in [4.69, 9.17) is 32.7 Å². The number of hydrogen-bond acceptors (Lipinski definition) is 8. The number of nitrogens with zero attached hydrogens (tertiary/aromatic N) is 1. The predicted molar refractivity (Wildman–Crippen MR) is 204 cm³/mol. The van der Waals surface area contributed by atoms with Crippen LogP contribution in [0.25, 0.3) is 0 Å². The lowest BCUT2D eigenvalue weighted by Gasteiger charge is -2.30. The maximum Gasteiger partial charge on any atom is 0.412 e. The Morgan fingerprint density at radius 1 is 0.830 bits per heavy atom. The summed E-state index contributed by atoms with van der Waals surface area (Å²) < 4.78 is 11.3. The van der Waals surface area contributed by atoms with Gasteiger partial charge in [-0.25, -0.2) is 4.79 Å². The second-order valence-electron chi connectivity index (χ2n) is 13.4. The number of ether oxygens (including phenoxy) is 2. The fraction of sp³-hybridized carbons (Fsp3) is 0.325. The minimum atomic E-state index is -1.89. The van der Waals surface area contributed by atoms with Gasteiger partial charge in [0.05, 0.1) is 16.1 Å². The summed E-state index contributed by atoms with van der Waals surface area (Å²) in [5.74, 6) is -0.766. The van der Waals surface area contributed by atoms with Crippen molar-refractivity contribution in [3.63, 3.8) is 0 Å². The number of amides is 3. The van der Waals surface area contributed by atoms with Gasteiger partial charge >= 0.3 is 6.09 Å². The summed E-state index contributed by atoms with van der Waals surface area (Å²) in [6.07, 6.45) is -5.16. The van der Waals surface area contributed by atoms with Gasteiger partial charge in [0.1, 0.15) is 17.6 Å². The first-order valence-electron chi connectivity index (χ1n) is 17.4. The number of halogens is 2. The van der Waals surface area contributed by atoms with Crippen LogP contribution in [0.5, 0.6) is 11.5 Å². The van der Waals surface area contributed by atoms with Crippen molar-refractivity contribution in [2.75, 3.05) is 18.4 Å². The zero-order chi connectivity index (χ0) is 37.9. The van der Waals surface area contributed by atoms with Gasteiger partial charge in [-0.1, -0.05) is 91.6 Å². The highest BCUT2D eigenvalue weighted by atomic mass is 35.5. The van der Waals surface area contributed by atoms with Crippen molar-refractivity contribution in [1.82, 2.24) is 15.5 Å². The number of likely N-dealkylation sites (tertiary alicyclic amines) is 1. The molecule has 5 N–H and O–H groups in total. The molecular formula is C40H44Cl2N4O7. The molecule has 4 aromatic carbocycles. The molecule has 1 heterocycles. The number of aliphatic hydroxyl groups excluding tert-OH is 2. The number of rotatable bonds is 15. The van der Waals surface area contributed by atoms with Gasteiger partial charge in [0.15, 0.2) is 12.2 Å². The minimum Gasteiger partial charge on any atom is -0.457 e.